The van der Waals surface area contributed by atoms with E-state index in [2.05, 4.69) is 27.3 Å². The van der Waals surface area contributed by atoms with E-state index in [0.717, 1.165) is 32.4 Å². The zero-order chi connectivity index (χ0) is 45.8. The third kappa shape index (κ3) is 9.87. The summed E-state index contributed by atoms with van der Waals surface area (Å²) in [5.41, 5.74) is -0.582. The van der Waals surface area contributed by atoms with Crippen LogP contribution in [0.2, 0.25) is 0 Å². The normalized spacial score (nSPS) is 31.3. The van der Waals surface area contributed by atoms with Crippen molar-refractivity contribution in [2.24, 2.45) is 28.8 Å². The average molecular weight is 867 g/mol. The first-order chi connectivity index (χ1) is 29.2. The van der Waals surface area contributed by atoms with E-state index >= 15 is 0 Å². The number of phenolic OH excluding ortho intramolecular Hbond substituents is 3. The van der Waals surface area contributed by atoms with Crippen LogP contribution in [-0.2, 0) is 28.6 Å². The maximum absolute atomic E-state index is 14.4. The van der Waals surface area contributed by atoms with E-state index in [1.54, 1.807) is 39.8 Å². The SMILES string of the molecule is CO[C@H]1/C=C/O[C@@]2(C)Oc3c(C)c(O)c4c(O)c(c(/C=N\OCCN5CCN(C)CC5)c(O)c4c3C2=O)NC(=O)/C(C)=C\C=C\[C@@H](C)[C@H](O)[C@@H](C)[C@@H](O)[C@@H](C)[C@H](OC(C)=O)[C@@H]1C. The first-order valence-electron chi connectivity index (χ1n) is 20.9. The van der Waals surface area contributed by atoms with Gasteiger partial charge in [-0.1, -0.05) is 51.1 Å². The molecule has 6 rings (SSSR count). The number of likely N-dealkylation sites (N-methyl/N-ethyl adjacent to an activating group) is 1. The molecule has 6 N–H and O–H groups in total. The van der Waals surface area contributed by atoms with E-state index in [4.69, 9.17) is 23.8 Å². The minimum absolute atomic E-state index is 0.0372. The van der Waals surface area contributed by atoms with Crippen LogP contribution in [0.4, 0.5) is 5.69 Å². The van der Waals surface area contributed by atoms with Crippen molar-refractivity contribution in [1.82, 2.24) is 9.80 Å². The predicted molar refractivity (Wildman–Crippen MR) is 231 cm³/mol. The molecule has 4 aliphatic rings. The van der Waals surface area contributed by atoms with E-state index in [1.165, 1.54) is 53.2 Å². The number of Topliss-reactive ketones (excluding diaryl/α,β-unsaturated/α-hetero) is 1. The number of methoxy groups -OCH3 is 1. The topological polar surface area (TPSA) is 229 Å². The number of fused-ring (bicyclic) bond motifs is 14. The second kappa shape index (κ2) is 19.9. The highest BCUT2D eigenvalue weighted by atomic mass is 16.7. The number of phenols is 3. The van der Waals surface area contributed by atoms with Gasteiger partial charge in [-0.3, -0.25) is 19.3 Å². The van der Waals surface area contributed by atoms with Crippen molar-refractivity contribution in [3.63, 3.8) is 0 Å². The number of benzene rings is 2. The quantitative estimate of drug-likeness (QED) is 0.0568. The van der Waals surface area contributed by atoms with E-state index in [1.807, 2.05) is 0 Å². The van der Waals surface area contributed by atoms with Gasteiger partial charge in [-0.15, -0.1) is 0 Å². The first-order valence-corrected chi connectivity index (χ1v) is 20.9. The van der Waals surface area contributed by atoms with Gasteiger partial charge in [-0.2, -0.15) is 0 Å². The Hall–Kier alpha value is -5.20. The van der Waals surface area contributed by atoms with Gasteiger partial charge < -0.3 is 59.5 Å². The summed E-state index contributed by atoms with van der Waals surface area (Å²) >= 11 is 0. The van der Waals surface area contributed by atoms with Crippen LogP contribution in [0.5, 0.6) is 23.0 Å². The lowest BCUT2D eigenvalue weighted by atomic mass is 9.78. The summed E-state index contributed by atoms with van der Waals surface area (Å²) in [6.45, 7) is 16.8. The monoisotopic (exact) mass is 866 g/mol. The van der Waals surface area contributed by atoms with Crippen molar-refractivity contribution >= 4 is 40.3 Å². The molecule has 5 bridgehead atoms. The van der Waals surface area contributed by atoms with Gasteiger partial charge in [-0.05, 0) is 27.0 Å². The molecule has 0 radical (unpaired) electrons. The molecule has 1 amide bonds. The van der Waals surface area contributed by atoms with Gasteiger partial charge in [0.05, 0.1) is 53.0 Å². The molecule has 2 aromatic carbocycles. The minimum Gasteiger partial charge on any atom is -0.507 e. The maximum atomic E-state index is 14.4. The molecule has 62 heavy (non-hydrogen) atoms. The van der Waals surface area contributed by atoms with Crippen LogP contribution >= 0.6 is 0 Å². The fraction of sp³-hybridized carbons (Fsp3) is 0.556. The number of amides is 1. The Morgan fingerprint density at radius 1 is 0.968 bits per heavy atom. The van der Waals surface area contributed by atoms with Crippen LogP contribution in [0.15, 0.2) is 41.3 Å². The fourth-order valence-electron chi connectivity index (χ4n) is 8.26. The zero-order valence-corrected chi connectivity index (χ0v) is 37.2. The van der Waals surface area contributed by atoms with E-state index in [9.17, 15) is 39.9 Å². The first kappa shape index (κ1) is 47.8. The van der Waals surface area contributed by atoms with Gasteiger partial charge in [0.25, 0.3) is 11.7 Å². The van der Waals surface area contributed by atoms with Gasteiger partial charge in [0, 0.05) is 93.9 Å². The molecule has 0 saturated carbocycles. The Bertz CT molecular complexity index is 2130. The summed E-state index contributed by atoms with van der Waals surface area (Å²) in [5, 5.41) is 64.5. The number of anilines is 1. The molecule has 2 aromatic rings. The number of hydrogen-bond donors (Lipinski definition) is 6. The molecular formula is C45H62N4O13. The smallest absolute Gasteiger partial charge is 0.312 e. The average Bonchev–Trinajstić information content (AvgIpc) is 3.50. The van der Waals surface area contributed by atoms with Gasteiger partial charge in [0.1, 0.15) is 30.0 Å². The fourth-order valence-corrected chi connectivity index (χ4v) is 8.26. The van der Waals surface area contributed by atoms with Gasteiger partial charge in [0.15, 0.2) is 5.75 Å². The van der Waals surface area contributed by atoms with Crippen molar-refractivity contribution in [2.45, 2.75) is 85.6 Å². The van der Waals surface area contributed by atoms with E-state index in [0.29, 0.717) is 6.54 Å². The van der Waals surface area contributed by atoms with Crippen molar-refractivity contribution < 1.29 is 63.7 Å². The lowest BCUT2D eigenvalue weighted by Crippen LogP contribution is -2.46. The van der Waals surface area contributed by atoms with Crippen LogP contribution in [0.1, 0.15) is 70.0 Å². The molecule has 4 aliphatic heterocycles. The lowest BCUT2D eigenvalue weighted by molar-refractivity contribution is -0.160. The number of carbonyl (C=O) groups is 3. The van der Waals surface area contributed by atoms with Crippen LogP contribution in [0, 0.1) is 30.6 Å². The minimum atomic E-state index is -2.06. The number of aromatic hydroxyl groups is 3. The second-order valence-electron chi connectivity index (χ2n) is 16.8. The van der Waals surface area contributed by atoms with E-state index in [-0.39, 0.29) is 51.1 Å². The zero-order valence-electron chi connectivity index (χ0n) is 37.2. The number of nitrogens with zero attached hydrogens (tertiary/aromatic N) is 3. The predicted octanol–water partition coefficient (Wildman–Crippen LogP) is 4.35. The summed E-state index contributed by atoms with van der Waals surface area (Å²) in [4.78, 5) is 50.6. The van der Waals surface area contributed by atoms with Crippen LogP contribution in [0.25, 0.3) is 10.8 Å². The molecule has 4 heterocycles. The number of nitrogens with one attached hydrogen (secondary N) is 1. The molecule has 17 heteroatoms. The third-order valence-corrected chi connectivity index (χ3v) is 12.4. The largest absolute Gasteiger partial charge is 0.507 e. The second-order valence-corrected chi connectivity index (χ2v) is 16.8. The number of rotatable bonds is 7. The van der Waals surface area contributed by atoms with E-state index < -0.39 is 88.8 Å². The summed E-state index contributed by atoms with van der Waals surface area (Å²) in [6.07, 6.45) is 4.58. The number of ketones is 1. The molecule has 17 nitrogen and oxygen atoms in total. The Labute approximate surface area is 362 Å². The number of oxime groups is 1. The molecular weight excluding hydrogens is 805 g/mol. The number of esters is 1. The standard InChI is InChI=1S/C45H62N4O13/c1-23-12-11-13-24(2)44(57)47-35-30(22-46-60-21-19-49-17-15-48(9)16-18-49)39(54)32-33(40(35)55)38(53)28(6)42-34(32)43(56)45(8,62-42)59-20-14-31(58-10)25(3)41(61-29(7)50)27(5)37(52)26(4)36(23)51/h11-14,20,22-23,25-27,31,36-37,41,51-55H,15-19,21H2,1-10H3,(H,47,57)/b12-11+,20-14+,24-13-,46-22-/t23-,25-,26-,27-,31+,36+,37-,41-,45+/m1/s1. The van der Waals surface area contributed by atoms with Crippen molar-refractivity contribution in [1.29, 1.82) is 0 Å². The number of carbonyl (C=O) groups excluding carboxylic acids is 3. The molecule has 9 atom stereocenters. The molecule has 0 unspecified atom stereocenters. The number of hydrogen-bond acceptors (Lipinski definition) is 16. The van der Waals surface area contributed by atoms with Crippen LogP contribution in [0.3, 0.4) is 0 Å². The number of allylic oxidation sites excluding steroid dienone is 2. The Morgan fingerprint density at radius 3 is 2.29 bits per heavy atom. The molecule has 0 spiro atoms. The van der Waals surface area contributed by atoms with Gasteiger partial charge in [-0.25, -0.2) is 0 Å². The third-order valence-electron chi connectivity index (χ3n) is 12.4. The van der Waals surface area contributed by atoms with Crippen LogP contribution < -0.4 is 10.1 Å². The Balaban J connectivity index is 1.64. The summed E-state index contributed by atoms with van der Waals surface area (Å²) < 4.78 is 23.6. The Kier molecular flexibility index (Phi) is 15.3. The van der Waals surface area contributed by atoms with Crippen molar-refractivity contribution in [3.8, 4) is 23.0 Å². The molecule has 340 valence electrons. The van der Waals surface area contributed by atoms with Gasteiger partial charge >= 0.3 is 11.8 Å². The summed E-state index contributed by atoms with van der Waals surface area (Å²) in [7, 11) is 3.49. The lowest BCUT2D eigenvalue weighted by Gasteiger charge is -2.38. The number of piperazine rings is 1. The highest BCUT2D eigenvalue weighted by molar-refractivity contribution is 6.23. The van der Waals surface area contributed by atoms with Gasteiger partial charge in [0.2, 0.25) is 0 Å². The molecule has 0 aromatic heterocycles. The van der Waals surface area contributed by atoms with Crippen LogP contribution in [-0.4, -0.2) is 143 Å². The summed E-state index contributed by atoms with van der Waals surface area (Å²) in [5.74, 6) is -8.61. The highest BCUT2D eigenvalue weighted by Gasteiger charge is 2.50. The highest BCUT2D eigenvalue weighted by Crippen LogP contribution is 2.55. The molecule has 0 aliphatic carbocycles. The Morgan fingerprint density at radius 2 is 1.65 bits per heavy atom. The van der Waals surface area contributed by atoms with Crippen molar-refractivity contribution in [2.75, 3.05) is 58.8 Å². The number of aliphatic hydroxyl groups is 2. The number of aliphatic hydroxyl groups excluding tert-OH is 2. The van der Waals surface area contributed by atoms with Crippen molar-refractivity contribution in [3.05, 3.63) is 52.8 Å². The number of ether oxygens (including phenoxy) is 4. The molecule has 1 fully saturated rings. The summed E-state index contributed by atoms with van der Waals surface area (Å²) in [6, 6.07) is 0. The maximum Gasteiger partial charge on any atom is 0.312 e. The molecule has 1 saturated heterocycles.